The number of aromatic nitrogens is 4. The van der Waals surface area contributed by atoms with E-state index in [-0.39, 0.29) is 11.9 Å². The maximum Gasteiger partial charge on any atom is 0.228 e. The van der Waals surface area contributed by atoms with Crippen LogP contribution in [-0.2, 0) is 17.8 Å². The number of rotatable bonds is 6. The zero-order valence-corrected chi connectivity index (χ0v) is 20.6. The van der Waals surface area contributed by atoms with Crippen LogP contribution in [-0.4, -0.2) is 43.6 Å². The lowest BCUT2D eigenvalue weighted by Crippen LogP contribution is -2.39. The van der Waals surface area contributed by atoms with Crippen molar-refractivity contribution in [2.45, 2.75) is 98.7 Å². The van der Waals surface area contributed by atoms with Crippen LogP contribution in [0.25, 0.3) is 0 Å². The van der Waals surface area contributed by atoms with Crippen molar-refractivity contribution >= 4 is 11.7 Å². The van der Waals surface area contributed by atoms with E-state index in [1.165, 1.54) is 24.1 Å². The Morgan fingerprint density at radius 1 is 1.06 bits per heavy atom. The molecule has 2 aliphatic rings. The highest BCUT2D eigenvalue weighted by molar-refractivity contribution is 5.95. The summed E-state index contributed by atoms with van der Waals surface area (Å²) in [6.07, 6.45) is 5.67. The Balaban J connectivity index is 1.68. The van der Waals surface area contributed by atoms with E-state index in [1.807, 2.05) is 4.90 Å². The fourth-order valence-electron chi connectivity index (χ4n) is 5.31. The lowest BCUT2D eigenvalue weighted by molar-refractivity contribution is -0.119. The molecule has 0 saturated carbocycles. The van der Waals surface area contributed by atoms with Crippen molar-refractivity contribution in [3.05, 3.63) is 34.0 Å². The number of aryl methyl sites for hydroxylation is 2. The standard InChI is InChI=1S/C25H38N6O/c1-7-13-30-23(32)12-11-20-17(4)26-24(27-25(20)30)22-10-8-9-14-29(22)15-21-18(5)28-31(16(2)3)19(21)6/h16,22H,7-15H2,1-6H3/t22-/m1/s1. The second kappa shape index (κ2) is 9.30. The van der Waals surface area contributed by atoms with Crippen LogP contribution in [0.1, 0.15) is 99.0 Å². The van der Waals surface area contributed by atoms with Crippen molar-refractivity contribution in [2.24, 2.45) is 0 Å². The molecule has 2 aromatic rings. The zero-order chi connectivity index (χ0) is 23.0. The molecule has 0 spiro atoms. The molecular formula is C25H38N6O. The lowest BCUT2D eigenvalue weighted by Gasteiger charge is -2.36. The maximum absolute atomic E-state index is 12.6. The molecule has 0 bridgehead atoms. The number of hydrogen-bond donors (Lipinski definition) is 0. The molecule has 0 aliphatic carbocycles. The Morgan fingerprint density at radius 2 is 1.84 bits per heavy atom. The number of carbonyl (C=O) groups is 1. The Morgan fingerprint density at radius 3 is 2.53 bits per heavy atom. The number of nitrogens with zero attached hydrogens (tertiary/aromatic N) is 6. The zero-order valence-electron chi connectivity index (χ0n) is 20.6. The quantitative estimate of drug-likeness (QED) is 0.660. The predicted molar refractivity (Wildman–Crippen MR) is 127 cm³/mol. The van der Waals surface area contributed by atoms with Crippen LogP contribution in [0.15, 0.2) is 0 Å². The lowest BCUT2D eigenvalue weighted by atomic mass is 9.98. The Bertz CT molecular complexity index is 995. The van der Waals surface area contributed by atoms with Crippen molar-refractivity contribution in [3.8, 4) is 0 Å². The number of fused-ring (bicyclic) bond motifs is 1. The third-order valence-electron chi connectivity index (χ3n) is 7.04. The van der Waals surface area contributed by atoms with Gasteiger partial charge in [-0.3, -0.25) is 19.3 Å². The number of piperidine rings is 1. The van der Waals surface area contributed by atoms with Crippen molar-refractivity contribution in [1.82, 2.24) is 24.6 Å². The average molecular weight is 439 g/mol. The number of hydrogen-bond acceptors (Lipinski definition) is 5. The van der Waals surface area contributed by atoms with Gasteiger partial charge in [-0.05, 0) is 66.8 Å². The average Bonchev–Trinajstić information content (AvgIpc) is 3.04. The molecule has 2 aliphatic heterocycles. The molecule has 4 rings (SSSR count). The van der Waals surface area contributed by atoms with Gasteiger partial charge in [-0.1, -0.05) is 13.3 Å². The highest BCUT2D eigenvalue weighted by atomic mass is 16.2. The van der Waals surface area contributed by atoms with Gasteiger partial charge in [0.05, 0.1) is 11.7 Å². The molecule has 0 unspecified atom stereocenters. The minimum Gasteiger partial charge on any atom is -0.296 e. The van der Waals surface area contributed by atoms with Gasteiger partial charge in [0.25, 0.3) is 0 Å². The van der Waals surface area contributed by atoms with Gasteiger partial charge in [-0.25, -0.2) is 9.97 Å². The Hall–Kier alpha value is -2.28. The van der Waals surface area contributed by atoms with Crippen LogP contribution >= 0.6 is 0 Å². The van der Waals surface area contributed by atoms with Crippen molar-refractivity contribution < 1.29 is 4.79 Å². The van der Waals surface area contributed by atoms with Crippen molar-refractivity contribution in [3.63, 3.8) is 0 Å². The molecule has 0 radical (unpaired) electrons. The molecule has 174 valence electrons. The van der Waals surface area contributed by atoms with Crippen molar-refractivity contribution in [1.29, 1.82) is 0 Å². The van der Waals surface area contributed by atoms with E-state index in [9.17, 15) is 4.79 Å². The summed E-state index contributed by atoms with van der Waals surface area (Å²) >= 11 is 0. The van der Waals surface area contributed by atoms with Crippen LogP contribution in [0, 0.1) is 20.8 Å². The molecule has 1 atom stereocenters. The van der Waals surface area contributed by atoms with E-state index >= 15 is 0 Å². The van der Waals surface area contributed by atoms with Gasteiger partial charge >= 0.3 is 0 Å². The van der Waals surface area contributed by atoms with E-state index in [4.69, 9.17) is 15.1 Å². The Labute approximate surface area is 192 Å². The van der Waals surface area contributed by atoms with Crippen LogP contribution in [0.5, 0.6) is 0 Å². The summed E-state index contributed by atoms with van der Waals surface area (Å²) in [5.74, 6) is 1.93. The summed E-state index contributed by atoms with van der Waals surface area (Å²) in [5, 5.41) is 4.80. The fourth-order valence-corrected chi connectivity index (χ4v) is 5.31. The van der Waals surface area contributed by atoms with Crippen molar-refractivity contribution in [2.75, 3.05) is 18.0 Å². The highest BCUT2D eigenvalue weighted by Crippen LogP contribution is 2.35. The molecule has 1 amide bonds. The van der Waals surface area contributed by atoms with E-state index in [0.717, 1.165) is 67.5 Å². The molecule has 0 N–H and O–H groups in total. The summed E-state index contributed by atoms with van der Waals surface area (Å²) in [5.41, 5.74) is 5.87. The molecule has 1 saturated heterocycles. The minimum atomic E-state index is 0.175. The van der Waals surface area contributed by atoms with E-state index in [2.05, 4.69) is 51.1 Å². The molecular weight excluding hydrogens is 400 g/mol. The van der Waals surface area contributed by atoms with E-state index in [1.54, 1.807) is 0 Å². The topological polar surface area (TPSA) is 67.2 Å². The number of carbonyl (C=O) groups excluding carboxylic acids is 1. The van der Waals surface area contributed by atoms with E-state index in [0.29, 0.717) is 12.5 Å². The second-order valence-electron chi connectivity index (χ2n) is 9.68. The minimum absolute atomic E-state index is 0.175. The first-order valence-electron chi connectivity index (χ1n) is 12.3. The first-order valence-corrected chi connectivity index (χ1v) is 12.3. The predicted octanol–water partition coefficient (Wildman–Crippen LogP) is 4.60. The van der Waals surface area contributed by atoms with E-state index < -0.39 is 0 Å². The Kier molecular flexibility index (Phi) is 6.65. The molecule has 7 nitrogen and oxygen atoms in total. The fraction of sp³-hybridized carbons (Fsp3) is 0.680. The first-order chi connectivity index (χ1) is 15.3. The molecule has 0 aromatic carbocycles. The van der Waals surface area contributed by atoms with Gasteiger partial charge in [-0.2, -0.15) is 5.10 Å². The number of anilines is 1. The summed E-state index contributed by atoms with van der Waals surface area (Å²) in [7, 11) is 0. The van der Waals surface area contributed by atoms with Crippen LogP contribution in [0.3, 0.4) is 0 Å². The molecule has 1 fully saturated rings. The third kappa shape index (κ3) is 4.19. The summed E-state index contributed by atoms with van der Waals surface area (Å²) in [6.45, 7) is 15.5. The van der Waals surface area contributed by atoms with Crippen LogP contribution < -0.4 is 4.90 Å². The largest absolute Gasteiger partial charge is 0.296 e. The van der Waals surface area contributed by atoms with Gasteiger partial charge in [0.2, 0.25) is 5.91 Å². The van der Waals surface area contributed by atoms with Gasteiger partial charge in [0, 0.05) is 48.1 Å². The number of likely N-dealkylation sites (tertiary alicyclic amines) is 1. The van der Waals surface area contributed by atoms with Crippen LogP contribution in [0.4, 0.5) is 5.82 Å². The SMILES string of the molecule is CCCN1C(=O)CCc2c(C)nc([C@H]3CCCCN3Cc3c(C)nn(C(C)C)c3C)nc21. The van der Waals surface area contributed by atoms with Gasteiger partial charge in [0.1, 0.15) is 11.6 Å². The molecule has 2 aromatic heterocycles. The van der Waals surface area contributed by atoms with Gasteiger partial charge in [0.15, 0.2) is 0 Å². The second-order valence-corrected chi connectivity index (χ2v) is 9.68. The normalized spacial score (nSPS) is 19.7. The number of amides is 1. The summed E-state index contributed by atoms with van der Waals surface area (Å²) in [6, 6.07) is 0.530. The van der Waals surface area contributed by atoms with Gasteiger partial charge < -0.3 is 0 Å². The smallest absolute Gasteiger partial charge is 0.228 e. The first kappa shape index (κ1) is 22.9. The van der Waals surface area contributed by atoms with Gasteiger partial charge in [-0.15, -0.1) is 0 Å². The molecule has 4 heterocycles. The molecule has 7 heteroatoms. The maximum atomic E-state index is 12.6. The summed E-state index contributed by atoms with van der Waals surface area (Å²) < 4.78 is 2.14. The highest BCUT2D eigenvalue weighted by Gasteiger charge is 2.32. The monoisotopic (exact) mass is 438 g/mol. The molecule has 32 heavy (non-hydrogen) atoms. The summed E-state index contributed by atoms with van der Waals surface area (Å²) in [4.78, 5) is 27.1. The third-order valence-corrected chi connectivity index (χ3v) is 7.04. The van der Waals surface area contributed by atoms with Crippen LogP contribution in [0.2, 0.25) is 0 Å².